The fourth-order valence-corrected chi connectivity index (χ4v) is 5.30. The number of nitrogens with one attached hydrogen (secondary N) is 1. The molecule has 4 aromatic carbocycles. The number of hydrogen-bond acceptors (Lipinski definition) is 6. The number of para-hydroxylation sites is 2. The van der Waals surface area contributed by atoms with E-state index in [1.165, 1.54) is 11.1 Å². The van der Waals surface area contributed by atoms with Crippen LogP contribution < -0.4 is 14.8 Å². The summed E-state index contributed by atoms with van der Waals surface area (Å²) in [5.41, 5.74) is 2.50. The molecule has 2 aliphatic rings. The van der Waals surface area contributed by atoms with Gasteiger partial charge in [0.1, 0.15) is 23.0 Å². The van der Waals surface area contributed by atoms with Gasteiger partial charge in [-0.05, 0) is 71.3 Å². The first-order valence-corrected chi connectivity index (χ1v) is 15.2. The monoisotopic (exact) mass is 598 g/mol. The van der Waals surface area contributed by atoms with Crippen molar-refractivity contribution in [2.75, 3.05) is 52.4 Å². The van der Waals surface area contributed by atoms with Crippen molar-refractivity contribution in [2.24, 2.45) is 0 Å². The summed E-state index contributed by atoms with van der Waals surface area (Å²) in [6.07, 6.45) is 0. The molecule has 8 heteroatoms. The number of rotatable bonds is 8. The Morgan fingerprint density at radius 1 is 0.581 bits per heavy atom. The highest BCUT2D eigenvalue weighted by Gasteiger charge is 2.19. The third-order valence-electron chi connectivity index (χ3n) is 7.40. The predicted molar refractivity (Wildman–Crippen MR) is 172 cm³/mol. The smallest absolute Gasteiger partial charge is 0.316 e. The Labute approximate surface area is 259 Å². The van der Waals surface area contributed by atoms with E-state index in [0.29, 0.717) is 13.1 Å². The topological polar surface area (TPSA) is 57.3 Å². The Hall–Kier alpha value is -3.88. The van der Waals surface area contributed by atoms with Crippen LogP contribution >= 0.6 is 11.6 Å². The van der Waals surface area contributed by atoms with Crippen LogP contribution in [0.15, 0.2) is 109 Å². The molecule has 224 valence electrons. The molecule has 0 spiro atoms. The van der Waals surface area contributed by atoms with Crippen molar-refractivity contribution < 1.29 is 14.3 Å². The summed E-state index contributed by atoms with van der Waals surface area (Å²) in [4.78, 5) is 17.6. The standard InChI is InChI=1S/C18H19ClN2O2.C17H20N2O/c19-18(22)21-11-9-20(10-12-21)14-15-5-4-8-17(13-15)23-16-6-2-1-3-7-16;1-2-6-16(7-3-1)20-17-8-4-5-15(13-17)14-19-11-9-18-10-12-19/h1-8,13H,9-12,14H2;1-8,13,18H,9-12,14H2. The molecule has 43 heavy (non-hydrogen) atoms. The molecule has 0 aromatic heterocycles. The average molecular weight is 599 g/mol. The second-order valence-corrected chi connectivity index (χ2v) is 11.0. The summed E-state index contributed by atoms with van der Waals surface area (Å²) in [5, 5.41) is 3.02. The number of nitrogens with zero attached hydrogens (tertiary/aromatic N) is 3. The summed E-state index contributed by atoms with van der Waals surface area (Å²) in [5.74, 6) is 3.46. The molecule has 6 rings (SSSR count). The van der Waals surface area contributed by atoms with Crippen LogP contribution in [0, 0.1) is 0 Å². The minimum absolute atomic E-state index is 0.358. The second kappa shape index (κ2) is 16.1. The lowest BCUT2D eigenvalue weighted by atomic mass is 10.2. The van der Waals surface area contributed by atoms with Crippen LogP contribution in [0.4, 0.5) is 4.79 Å². The molecule has 0 atom stereocenters. The minimum Gasteiger partial charge on any atom is -0.457 e. The third kappa shape index (κ3) is 10.1. The van der Waals surface area contributed by atoms with Crippen LogP contribution in [0.2, 0.25) is 0 Å². The van der Waals surface area contributed by atoms with E-state index in [0.717, 1.165) is 75.4 Å². The Morgan fingerprint density at radius 2 is 1.02 bits per heavy atom. The van der Waals surface area contributed by atoms with E-state index in [4.69, 9.17) is 21.1 Å². The van der Waals surface area contributed by atoms with Crippen molar-refractivity contribution in [3.8, 4) is 23.0 Å². The van der Waals surface area contributed by atoms with Crippen molar-refractivity contribution in [3.63, 3.8) is 0 Å². The zero-order chi connectivity index (χ0) is 29.7. The van der Waals surface area contributed by atoms with E-state index in [1.54, 1.807) is 4.90 Å². The van der Waals surface area contributed by atoms with Gasteiger partial charge in [0.2, 0.25) is 0 Å². The van der Waals surface area contributed by atoms with Crippen molar-refractivity contribution >= 4 is 17.0 Å². The van der Waals surface area contributed by atoms with Crippen LogP contribution in [0.5, 0.6) is 23.0 Å². The van der Waals surface area contributed by atoms with Gasteiger partial charge >= 0.3 is 5.37 Å². The van der Waals surface area contributed by atoms with E-state index >= 15 is 0 Å². The number of carbonyl (C=O) groups is 1. The van der Waals surface area contributed by atoms with Crippen LogP contribution in [-0.2, 0) is 13.1 Å². The molecule has 1 N–H and O–H groups in total. The van der Waals surface area contributed by atoms with Gasteiger partial charge in [0.05, 0.1) is 0 Å². The molecule has 2 saturated heterocycles. The Morgan fingerprint density at radius 3 is 1.49 bits per heavy atom. The normalized spacial score (nSPS) is 15.7. The molecule has 1 amide bonds. The highest BCUT2D eigenvalue weighted by atomic mass is 35.5. The van der Waals surface area contributed by atoms with Crippen LogP contribution in [0.25, 0.3) is 0 Å². The Balaban J connectivity index is 0.000000173. The van der Waals surface area contributed by atoms with Gasteiger partial charge in [-0.2, -0.15) is 0 Å². The predicted octanol–water partition coefficient (Wildman–Crippen LogP) is 6.84. The van der Waals surface area contributed by atoms with Crippen molar-refractivity contribution in [3.05, 3.63) is 120 Å². The quantitative estimate of drug-likeness (QED) is 0.177. The Kier molecular flexibility index (Phi) is 11.4. The number of halogens is 1. The first kappa shape index (κ1) is 30.6. The summed E-state index contributed by atoms with van der Waals surface area (Å²) < 4.78 is 11.7. The second-order valence-electron chi connectivity index (χ2n) is 10.7. The van der Waals surface area contributed by atoms with E-state index in [-0.39, 0.29) is 5.37 Å². The molecule has 7 nitrogen and oxygen atoms in total. The van der Waals surface area contributed by atoms with Crippen molar-refractivity contribution in [2.45, 2.75) is 13.1 Å². The average Bonchev–Trinajstić information content (AvgIpc) is 3.04. The number of benzene rings is 4. The first-order chi connectivity index (χ1) is 21.1. The maximum atomic E-state index is 11.1. The molecule has 2 fully saturated rings. The molecule has 4 aromatic rings. The molecule has 0 radical (unpaired) electrons. The summed E-state index contributed by atoms with van der Waals surface area (Å²) in [6, 6.07) is 36.2. The van der Waals surface area contributed by atoms with Gasteiger partial charge in [-0.1, -0.05) is 60.7 Å². The fraction of sp³-hybridized carbons (Fsp3) is 0.286. The SMILES string of the molecule is O=C(Cl)N1CCN(Cc2cccc(Oc3ccccc3)c2)CC1.c1ccc(Oc2cccc(CN3CCNCC3)c2)cc1. The number of piperazine rings is 2. The van der Waals surface area contributed by atoms with E-state index in [1.807, 2.05) is 78.9 Å². The molecule has 0 bridgehead atoms. The first-order valence-electron chi connectivity index (χ1n) is 14.8. The zero-order valence-electron chi connectivity index (χ0n) is 24.4. The number of hydrogen-bond donors (Lipinski definition) is 1. The summed E-state index contributed by atoms with van der Waals surface area (Å²) in [6.45, 7) is 9.27. The molecule has 2 aliphatic heterocycles. The van der Waals surface area contributed by atoms with Gasteiger partial charge in [-0.25, -0.2) is 0 Å². The van der Waals surface area contributed by atoms with Gasteiger partial charge in [-0.15, -0.1) is 0 Å². The van der Waals surface area contributed by atoms with Crippen LogP contribution in [0.3, 0.4) is 0 Å². The molecule has 0 saturated carbocycles. The maximum Gasteiger partial charge on any atom is 0.316 e. The number of amides is 1. The highest BCUT2D eigenvalue weighted by molar-refractivity contribution is 6.62. The molecule has 0 unspecified atom stereocenters. The third-order valence-corrected chi connectivity index (χ3v) is 7.64. The summed E-state index contributed by atoms with van der Waals surface area (Å²) in [7, 11) is 0. The summed E-state index contributed by atoms with van der Waals surface area (Å²) >= 11 is 5.51. The fourth-order valence-electron chi connectivity index (χ4n) is 5.13. The zero-order valence-corrected chi connectivity index (χ0v) is 25.2. The van der Waals surface area contributed by atoms with Crippen LogP contribution in [0.1, 0.15) is 11.1 Å². The lowest BCUT2D eigenvalue weighted by Gasteiger charge is -2.33. The van der Waals surface area contributed by atoms with Gasteiger partial charge in [0.15, 0.2) is 0 Å². The molecule has 0 aliphatic carbocycles. The lowest BCUT2D eigenvalue weighted by molar-refractivity contribution is 0.148. The van der Waals surface area contributed by atoms with Gasteiger partial charge in [-0.3, -0.25) is 14.6 Å². The maximum absolute atomic E-state index is 11.1. The van der Waals surface area contributed by atoms with Crippen molar-refractivity contribution in [1.29, 1.82) is 0 Å². The highest BCUT2D eigenvalue weighted by Crippen LogP contribution is 2.24. The van der Waals surface area contributed by atoms with Crippen LogP contribution in [-0.4, -0.2) is 72.4 Å². The van der Waals surface area contributed by atoms with E-state index in [9.17, 15) is 4.79 Å². The minimum atomic E-state index is -0.358. The number of carbonyl (C=O) groups excluding carboxylic acids is 1. The Bertz CT molecular complexity index is 1410. The molecular formula is C35H39ClN4O3. The molecular weight excluding hydrogens is 560 g/mol. The number of ether oxygens (including phenoxy) is 2. The molecule has 2 heterocycles. The lowest BCUT2D eigenvalue weighted by Crippen LogP contribution is -2.46. The van der Waals surface area contributed by atoms with Gasteiger partial charge < -0.3 is 19.7 Å². The van der Waals surface area contributed by atoms with Crippen molar-refractivity contribution in [1.82, 2.24) is 20.0 Å². The van der Waals surface area contributed by atoms with Gasteiger partial charge in [0.25, 0.3) is 0 Å². The van der Waals surface area contributed by atoms with E-state index in [2.05, 4.69) is 45.4 Å². The van der Waals surface area contributed by atoms with Gasteiger partial charge in [0, 0.05) is 65.4 Å². The van der Waals surface area contributed by atoms with E-state index < -0.39 is 0 Å². The largest absolute Gasteiger partial charge is 0.457 e.